The number of piperazine rings is 1. The fourth-order valence-electron chi connectivity index (χ4n) is 4.48. The van der Waals surface area contributed by atoms with Gasteiger partial charge in [-0.05, 0) is 19.1 Å². The molecule has 2 aliphatic heterocycles. The minimum absolute atomic E-state index is 0.0561. The van der Waals surface area contributed by atoms with Crippen LogP contribution in [0.5, 0.6) is 0 Å². The lowest BCUT2D eigenvalue weighted by Crippen LogP contribution is -2.61. The minimum Gasteiger partial charge on any atom is -0.357 e. The number of likely N-dealkylation sites (N-methyl/N-ethyl adjacent to an activating group) is 1. The summed E-state index contributed by atoms with van der Waals surface area (Å²) in [6, 6.07) is 4.43. The molecule has 0 bridgehead atoms. The third-order valence-electron chi connectivity index (χ3n) is 6.40. The highest BCUT2D eigenvalue weighted by Crippen LogP contribution is 2.27. The Morgan fingerprint density at radius 1 is 1.23 bits per heavy atom. The summed E-state index contributed by atoms with van der Waals surface area (Å²) in [6.45, 7) is 2.69. The van der Waals surface area contributed by atoms with E-state index in [4.69, 9.17) is 11.6 Å². The van der Waals surface area contributed by atoms with Crippen LogP contribution in [0.25, 0.3) is 10.8 Å². The topological polar surface area (TPSA) is 117 Å². The van der Waals surface area contributed by atoms with Gasteiger partial charge in [-0.25, -0.2) is 8.96 Å². The Bertz CT molecular complexity index is 1420. The summed E-state index contributed by atoms with van der Waals surface area (Å²) < 4.78 is 29.2. The molecule has 0 radical (unpaired) electrons. The van der Waals surface area contributed by atoms with E-state index in [9.17, 15) is 18.0 Å². The van der Waals surface area contributed by atoms with Crippen LogP contribution < -0.4 is 10.6 Å². The van der Waals surface area contributed by atoms with Crippen molar-refractivity contribution in [3.05, 3.63) is 51.2 Å². The third-order valence-corrected chi connectivity index (χ3v) is 9.45. The van der Waals surface area contributed by atoms with E-state index in [1.54, 1.807) is 18.2 Å². The standard InChI is InChI=1S/C22H25ClN6O4S2/c1-13-7-17-19(9-25-13)34-21(26-17)22(31)29-6-5-27(12-18(29)20(30)24-2)35(32,33)28-10-14-3-4-16(23)8-15(14)11-28/h3-4,8,10-11,13,18,25H,5-7,9,12H2,1-2H3,(H,24,30). The maximum Gasteiger partial charge on any atom is 0.307 e. The van der Waals surface area contributed by atoms with E-state index < -0.39 is 22.2 Å². The summed E-state index contributed by atoms with van der Waals surface area (Å²) in [7, 11) is -2.50. The van der Waals surface area contributed by atoms with Crippen LogP contribution in [0.3, 0.4) is 0 Å². The van der Waals surface area contributed by atoms with Crippen molar-refractivity contribution in [3.63, 3.8) is 0 Å². The molecule has 0 aliphatic carbocycles. The van der Waals surface area contributed by atoms with E-state index in [1.807, 2.05) is 0 Å². The molecule has 2 amide bonds. The Balaban J connectivity index is 1.40. The van der Waals surface area contributed by atoms with Gasteiger partial charge in [-0.15, -0.1) is 11.3 Å². The number of rotatable bonds is 4. The summed E-state index contributed by atoms with van der Waals surface area (Å²) in [5, 5.41) is 8.17. The second kappa shape index (κ2) is 9.17. The zero-order valence-corrected chi connectivity index (χ0v) is 21.6. The number of hydrogen-bond acceptors (Lipinski definition) is 7. The molecule has 1 aromatic carbocycles. The molecule has 2 atom stereocenters. The van der Waals surface area contributed by atoms with Crippen LogP contribution in [0, 0.1) is 0 Å². The van der Waals surface area contributed by atoms with Gasteiger partial charge in [0.25, 0.3) is 5.91 Å². The summed E-state index contributed by atoms with van der Waals surface area (Å²) in [5.74, 6) is -0.789. The van der Waals surface area contributed by atoms with Gasteiger partial charge in [0.15, 0.2) is 5.01 Å². The fraction of sp³-hybridized carbons (Fsp3) is 0.409. The van der Waals surface area contributed by atoms with Gasteiger partial charge >= 0.3 is 10.2 Å². The van der Waals surface area contributed by atoms with Crippen molar-refractivity contribution in [1.82, 2.24) is 28.8 Å². The second-order valence-electron chi connectivity index (χ2n) is 8.73. The smallest absolute Gasteiger partial charge is 0.307 e. The largest absolute Gasteiger partial charge is 0.357 e. The molecule has 0 spiro atoms. The number of amides is 2. The fourth-order valence-corrected chi connectivity index (χ4v) is 7.06. The van der Waals surface area contributed by atoms with Crippen LogP contribution in [0.1, 0.15) is 27.3 Å². The molecule has 186 valence electrons. The molecule has 2 aromatic heterocycles. The summed E-state index contributed by atoms with van der Waals surface area (Å²) in [6.07, 6.45) is 3.75. The second-order valence-corrected chi connectivity index (χ2v) is 12.1. The Morgan fingerprint density at radius 2 is 2.00 bits per heavy atom. The maximum atomic E-state index is 13.4. The molecular formula is C22H25ClN6O4S2. The third kappa shape index (κ3) is 4.45. The van der Waals surface area contributed by atoms with Crippen molar-refractivity contribution >= 4 is 55.7 Å². The molecule has 35 heavy (non-hydrogen) atoms. The number of nitrogens with one attached hydrogen (secondary N) is 2. The van der Waals surface area contributed by atoms with Crippen LogP contribution in [-0.2, 0) is 28.0 Å². The SMILES string of the molecule is CNC(=O)C1CN(S(=O)(=O)n2cc3ccc(Cl)cc3c2)CCN1C(=O)c1nc2c(s1)CNC(C)C2. The number of benzene rings is 1. The molecule has 1 saturated heterocycles. The van der Waals surface area contributed by atoms with Crippen LogP contribution in [0.2, 0.25) is 5.02 Å². The summed E-state index contributed by atoms with van der Waals surface area (Å²) >= 11 is 7.36. The van der Waals surface area contributed by atoms with Gasteiger partial charge in [-0.1, -0.05) is 17.7 Å². The number of carbonyl (C=O) groups is 2. The van der Waals surface area contributed by atoms with Crippen molar-refractivity contribution < 1.29 is 18.0 Å². The van der Waals surface area contributed by atoms with Crippen LogP contribution in [0.4, 0.5) is 0 Å². The first kappa shape index (κ1) is 24.2. The lowest BCUT2D eigenvalue weighted by Gasteiger charge is -2.39. The molecule has 5 rings (SSSR count). The molecule has 2 aliphatic rings. The molecule has 10 nitrogen and oxygen atoms in total. The Hall–Kier alpha value is -2.51. The van der Waals surface area contributed by atoms with Crippen LogP contribution >= 0.6 is 22.9 Å². The van der Waals surface area contributed by atoms with Crippen LogP contribution in [0.15, 0.2) is 30.6 Å². The highest BCUT2D eigenvalue weighted by Gasteiger charge is 2.41. The van der Waals surface area contributed by atoms with Gasteiger partial charge in [0.1, 0.15) is 6.04 Å². The van der Waals surface area contributed by atoms with Crippen LogP contribution in [-0.4, -0.2) is 77.2 Å². The van der Waals surface area contributed by atoms with E-state index >= 15 is 0 Å². The number of fused-ring (bicyclic) bond motifs is 2. The van der Waals surface area contributed by atoms with Gasteiger partial charge in [0.2, 0.25) is 5.91 Å². The average molecular weight is 537 g/mol. The molecule has 1 fully saturated rings. The minimum atomic E-state index is -3.97. The van der Waals surface area contributed by atoms with Gasteiger partial charge < -0.3 is 15.5 Å². The van der Waals surface area contributed by atoms with Crippen molar-refractivity contribution in [2.24, 2.45) is 0 Å². The molecular weight excluding hydrogens is 512 g/mol. The molecule has 0 saturated carbocycles. The van der Waals surface area contributed by atoms with Gasteiger partial charge in [-0.2, -0.15) is 12.7 Å². The van der Waals surface area contributed by atoms with Crippen molar-refractivity contribution in [3.8, 4) is 0 Å². The van der Waals surface area contributed by atoms with E-state index in [-0.39, 0.29) is 31.6 Å². The number of carbonyl (C=O) groups excluding carboxylic acids is 2. The predicted molar refractivity (Wildman–Crippen MR) is 134 cm³/mol. The van der Waals surface area contributed by atoms with E-state index in [1.165, 1.54) is 40.0 Å². The van der Waals surface area contributed by atoms with Crippen molar-refractivity contribution in [2.45, 2.75) is 32.0 Å². The lowest BCUT2D eigenvalue weighted by molar-refractivity contribution is -0.126. The predicted octanol–water partition coefficient (Wildman–Crippen LogP) is 1.45. The first-order valence-electron chi connectivity index (χ1n) is 11.2. The summed E-state index contributed by atoms with van der Waals surface area (Å²) in [4.78, 5) is 33.2. The molecule has 2 N–H and O–H groups in total. The molecule has 4 heterocycles. The van der Waals surface area contributed by atoms with E-state index in [0.717, 1.165) is 26.4 Å². The normalized spacial score (nSPS) is 21.2. The number of aromatic nitrogens is 2. The average Bonchev–Trinajstić information content (AvgIpc) is 3.46. The molecule has 2 unspecified atom stereocenters. The zero-order valence-electron chi connectivity index (χ0n) is 19.2. The quantitative estimate of drug-likeness (QED) is 0.521. The Kier molecular flexibility index (Phi) is 6.34. The molecule has 3 aromatic rings. The van der Waals surface area contributed by atoms with Crippen molar-refractivity contribution in [2.75, 3.05) is 26.7 Å². The maximum absolute atomic E-state index is 13.4. The number of nitrogens with zero attached hydrogens (tertiary/aromatic N) is 4. The van der Waals surface area contributed by atoms with Gasteiger partial charge in [0.05, 0.1) is 5.69 Å². The van der Waals surface area contributed by atoms with Gasteiger partial charge in [-0.3, -0.25) is 9.59 Å². The summed E-state index contributed by atoms with van der Waals surface area (Å²) in [5.41, 5.74) is 0.905. The Labute approximate surface area is 212 Å². The number of thiazole rings is 1. The number of halogens is 1. The highest BCUT2D eigenvalue weighted by molar-refractivity contribution is 7.87. The number of hydrogen-bond donors (Lipinski definition) is 2. The van der Waals surface area contributed by atoms with Crippen molar-refractivity contribution in [1.29, 1.82) is 0 Å². The molecule has 13 heteroatoms. The van der Waals surface area contributed by atoms with Gasteiger partial charge in [0, 0.05) is 78.8 Å². The zero-order chi connectivity index (χ0) is 24.9. The first-order chi connectivity index (χ1) is 16.7. The Morgan fingerprint density at radius 3 is 2.77 bits per heavy atom. The first-order valence-corrected chi connectivity index (χ1v) is 13.8. The monoisotopic (exact) mass is 536 g/mol. The lowest BCUT2D eigenvalue weighted by atomic mass is 10.1. The van der Waals surface area contributed by atoms with E-state index in [0.29, 0.717) is 22.0 Å². The highest BCUT2D eigenvalue weighted by atomic mass is 35.5. The van der Waals surface area contributed by atoms with E-state index in [2.05, 4.69) is 22.5 Å².